The smallest absolute Gasteiger partial charge is 0.0414 e. The van der Waals surface area contributed by atoms with Gasteiger partial charge in [-0.1, -0.05) is 45.9 Å². The molecule has 2 nitrogen and oxygen atoms in total. The molecular weight excluding hydrogens is 256 g/mol. The van der Waals surface area contributed by atoms with Gasteiger partial charge in [0.15, 0.2) is 0 Å². The van der Waals surface area contributed by atoms with E-state index < -0.39 is 0 Å². The Morgan fingerprint density at radius 1 is 1.10 bits per heavy atom. The highest BCUT2D eigenvalue weighted by molar-refractivity contribution is 5.55. The van der Waals surface area contributed by atoms with Crippen molar-refractivity contribution in [1.29, 1.82) is 0 Å². The summed E-state index contributed by atoms with van der Waals surface area (Å²) in [7, 11) is 0. The van der Waals surface area contributed by atoms with Gasteiger partial charge in [0, 0.05) is 24.8 Å². The largest absolute Gasteiger partial charge is 0.368 e. The number of anilines is 1. The van der Waals surface area contributed by atoms with E-state index in [1.165, 1.54) is 37.1 Å². The summed E-state index contributed by atoms with van der Waals surface area (Å²) >= 11 is 0. The first-order chi connectivity index (χ1) is 10.1. The Morgan fingerprint density at radius 2 is 1.81 bits per heavy atom. The van der Waals surface area contributed by atoms with Crippen LogP contribution in [0.2, 0.25) is 0 Å². The van der Waals surface area contributed by atoms with Crippen molar-refractivity contribution in [3.05, 3.63) is 29.8 Å². The molecule has 1 N–H and O–H groups in total. The number of para-hydroxylation sites is 1. The minimum absolute atomic E-state index is 0.706. The molecule has 118 valence electrons. The number of nitrogens with one attached hydrogen (secondary N) is 1. The first-order valence-corrected chi connectivity index (χ1v) is 8.63. The summed E-state index contributed by atoms with van der Waals surface area (Å²) in [6.07, 6.45) is 4.02. The van der Waals surface area contributed by atoms with E-state index >= 15 is 0 Å². The predicted molar refractivity (Wildman–Crippen MR) is 92.8 cm³/mol. The molecule has 1 aliphatic rings. The zero-order chi connectivity index (χ0) is 15.2. The van der Waals surface area contributed by atoms with Crippen LogP contribution in [0.1, 0.15) is 52.5 Å². The Hall–Kier alpha value is -1.02. The van der Waals surface area contributed by atoms with E-state index in [2.05, 4.69) is 62.2 Å². The van der Waals surface area contributed by atoms with E-state index in [0.717, 1.165) is 25.0 Å². The summed E-state index contributed by atoms with van der Waals surface area (Å²) in [6.45, 7) is 12.4. The lowest BCUT2D eigenvalue weighted by Crippen LogP contribution is -2.29. The number of hydrogen-bond donors (Lipinski definition) is 1. The second kappa shape index (κ2) is 7.84. The molecule has 0 amide bonds. The number of hydrogen-bond acceptors (Lipinski definition) is 2. The predicted octanol–water partition coefficient (Wildman–Crippen LogP) is 4.45. The highest BCUT2D eigenvalue weighted by atomic mass is 15.2. The molecule has 2 heteroatoms. The Bertz CT molecular complexity index is 421. The maximum atomic E-state index is 3.59. The zero-order valence-electron chi connectivity index (χ0n) is 14.2. The molecule has 0 radical (unpaired) electrons. The normalized spacial score (nSPS) is 15.0. The van der Waals surface area contributed by atoms with Crippen LogP contribution in [0.25, 0.3) is 0 Å². The van der Waals surface area contributed by atoms with E-state index in [-0.39, 0.29) is 0 Å². The molecule has 0 aromatic heterocycles. The minimum Gasteiger partial charge on any atom is -0.368 e. The van der Waals surface area contributed by atoms with Crippen molar-refractivity contribution in [2.75, 3.05) is 18.0 Å². The molecule has 1 aromatic carbocycles. The standard InChI is InChI=1S/C19H32N2/c1-15(2)11-12-21(18-9-10-18)19-8-6-5-7-17(19)14-20-13-16(3)4/h5-8,15-16,18,20H,9-14H2,1-4H3. The molecule has 0 bridgehead atoms. The minimum atomic E-state index is 0.706. The third kappa shape index (κ3) is 5.35. The van der Waals surface area contributed by atoms with Crippen molar-refractivity contribution in [2.24, 2.45) is 11.8 Å². The summed E-state index contributed by atoms with van der Waals surface area (Å²) in [4.78, 5) is 2.66. The Morgan fingerprint density at radius 3 is 2.43 bits per heavy atom. The quantitative estimate of drug-likeness (QED) is 0.722. The summed E-state index contributed by atoms with van der Waals surface area (Å²) in [6, 6.07) is 9.74. The molecule has 1 aliphatic carbocycles. The highest BCUT2D eigenvalue weighted by Gasteiger charge is 2.30. The van der Waals surface area contributed by atoms with Crippen molar-refractivity contribution in [2.45, 2.75) is 59.5 Å². The van der Waals surface area contributed by atoms with Crippen molar-refractivity contribution in [3.8, 4) is 0 Å². The fourth-order valence-electron chi connectivity index (χ4n) is 2.72. The van der Waals surface area contributed by atoms with Gasteiger partial charge in [0.25, 0.3) is 0 Å². The molecule has 0 atom stereocenters. The van der Waals surface area contributed by atoms with Crippen molar-refractivity contribution in [1.82, 2.24) is 5.32 Å². The topological polar surface area (TPSA) is 15.3 Å². The molecule has 0 saturated heterocycles. The van der Waals surface area contributed by atoms with Crippen molar-refractivity contribution in [3.63, 3.8) is 0 Å². The third-order valence-electron chi connectivity index (χ3n) is 4.10. The van der Waals surface area contributed by atoms with E-state index in [0.29, 0.717) is 5.92 Å². The van der Waals surface area contributed by atoms with Gasteiger partial charge in [0.1, 0.15) is 0 Å². The van der Waals surface area contributed by atoms with Crippen LogP contribution in [0.5, 0.6) is 0 Å². The van der Waals surface area contributed by atoms with E-state index in [1.54, 1.807) is 0 Å². The number of rotatable bonds is 9. The molecule has 21 heavy (non-hydrogen) atoms. The lowest BCUT2D eigenvalue weighted by atomic mass is 10.1. The Kier molecular flexibility index (Phi) is 6.10. The molecule has 1 aromatic rings. The average Bonchev–Trinajstić information content (AvgIpc) is 3.24. The van der Waals surface area contributed by atoms with Gasteiger partial charge in [-0.3, -0.25) is 0 Å². The first-order valence-electron chi connectivity index (χ1n) is 8.63. The molecule has 1 saturated carbocycles. The van der Waals surface area contributed by atoms with Crippen LogP contribution < -0.4 is 10.2 Å². The summed E-state index contributed by atoms with van der Waals surface area (Å²) < 4.78 is 0. The lowest BCUT2D eigenvalue weighted by molar-refractivity contribution is 0.548. The van der Waals surface area contributed by atoms with Crippen LogP contribution in [0, 0.1) is 11.8 Å². The van der Waals surface area contributed by atoms with Gasteiger partial charge in [-0.15, -0.1) is 0 Å². The Balaban J connectivity index is 2.04. The van der Waals surface area contributed by atoms with Gasteiger partial charge in [-0.2, -0.15) is 0 Å². The van der Waals surface area contributed by atoms with Crippen LogP contribution >= 0.6 is 0 Å². The SMILES string of the molecule is CC(C)CCN(c1ccccc1CNCC(C)C)C1CC1. The van der Waals surface area contributed by atoms with Crippen molar-refractivity contribution >= 4 is 5.69 Å². The second-order valence-corrected chi connectivity index (χ2v) is 7.26. The van der Waals surface area contributed by atoms with E-state index in [4.69, 9.17) is 0 Å². The molecule has 0 spiro atoms. The van der Waals surface area contributed by atoms with Gasteiger partial charge >= 0.3 is 0 Å². The zero-order valence-corrected chi connectivity index (χ0v) is 14.2. The first kappa shape index (κ1) is 16.4. The number of nitrogens with zero attached hydrogens (tertiary/aromatic N) is 1. The van der Waals surface area contributed by atoms with Gasteiger partial charge in [0.05, 0.1) is 0 Å². The van der Waals surface area contributed by atoms with Gasteiger partial charge in [-0.05, 0) is 49.3 Å². The highest BCUT2D eigenvalue weighted by Crippen LogP contribution is 2.34. The van der Waals surface area contributed by atoms with E-state index in [1.807, 2.05) is 0 Å². The number of benzene rings is 1. The Labute approximate surface area is 130 Å². The fraction of sp³-hybridized carbons (Fsp3) is 0.684. The molecule has 1 fully saturated rings. The monoisotopic (exact) mass is 288 g/mol. The van der Waals surface area contributed by atoms with Crippen LogP contribution in [0.3, 0.4) is 0 Å². The summed E-state index contributed by atoms with van der Waals surface area (Å²) in [5, 5.41) is 3.59. The summed E-state index contributed by atoms with van der Waals surface area (Å²) in [5.41, 5.74) is 2.91. The van der Waals surface area contributed by atoms with E-state index in [9.17, 15) is 0 Å². The molecule has 0 aliphatic heterocycles. The van der Waals surface area contributed by atoms with Crippen LogP contribution in [0.15, 0.2) is 24.3 Å². The maximum absolute atomic E-state index is 3.59. The van der Waals surface area contributed by atoms with Crippen LogP contribution in [-0.2, 0) is 6.54 Å². The molecule has 2 rings (SSSR count). The van der Waals surface area contributed by atoms with Gasteiger partial charge in [-0.25, -0.2) is 0 Å². The fourth-order valence-corrected chi connectivity index (χ4v) is 2.72. The van der Waals surface area contributed by atoms with Crippen LogP contribution in [0.4, 0.5) is 5.69 Å². The molecule has 0 heterocycles. The molecular formula is C19H32N2. The lowest BCUT2D eigenvalue weighted by Gasteiger charge is -2.28. The molecule has 0 unspecified atom stereocenters. The van der Waals surface area contributed by atoms with Gasteiger partial charge < -0.3 is 10.2 Å². The van der Waals surface area contributed by atoms with Crippen LogP contribution in [-0.4, -0.2) is 19.1 Å². The van der Waals surface area contributed by atoms with Gasteiger partial charge in [0.2, 0.25) is 0 Å². The maximum Gasteiger partial charge on any atom is 0.0414 e. The third-order valence-corrected chi connectivity index (χ3v) is 4.10. The summed E-state index contributed by atoms with van der Waals surface area (Å²) in [5.74, 6) is 1.48. The second-order valence-electron chi connectivity index (χ2n) is 7.26. The average molecular weight is 288 g/mol. The van der Waals surface area contributed by atoms with Crippen molar-refractivity contribution < 1.29 is 0 Å².